The lowest BCUT2D eigenvalue weighted by Crippen LogP contribution is -2.35. The van der Waals surface area contributed by atoms with Crippen LogP contribution in [0, 0.1) is 0 Å². The van der Waals surface area contributed by atoms with E-state index in [0.29, 0.717) is 13.0 Å². The van der Waals surface area contributed by atoms with E-state index in [1.165, 1.54) is 0 Å². The number of hydrogen-bond acceptors (Lipinski definition) is 3. The van der Waals surface area contributed by atoms with E-state index in [9.17, 15) is 10.2 Å². The highest BCUT2D eigenvalue weighted by Gasteiger charge is 2.30. The SMILES string of the molecule is COCCCC(CO)(CO)c1cccc(Br)c1. The van der Waals surface area contributed by atoms with Crippen LogP contribution < -0.4 is 0 Å². The molecule has 0 unspecified atom stereocenters. The van der Waals surface area contributed by atoms with Crippen LogP contribution in [0.15, 0.2) is 28.7 Å². The van der Waals surface area contributed by atoms with Crippen molar-refractivity contribution in [3.8, 4) is 0 Å². The van der Waals surface area contributed by atoms with Gasteiger partial charge in [0.15, 0.2) is 0 Å². The summed E-state index contributed by atoms with van der Waals surface area (Å²) in [6.07, 6.45) is 1.51. The number of rotatable bonds is 7. The Kier molecular flexibility index (Phi) is 6.12. The Hall–Kier alpha value is -0.420. The van der Waals surface area contributed by atoms with Crippen molar-refractivity contribution in [1.29, 1.82) is 0 Å². The largest absolute Gasteiger partial charge is 0.395 e. The summed E-state index contributed by atoms with van der Waals surface area (Å²) in [6, 6.07) is 7.72. The Bertz CT molecular complexity index is 337. The van der Waals surface area contributed by atoms with Crippen molar-refractivity contribution in [1.82, 2.24) is 0 Å². The van der Waals surface area contributed by atoms with Gasteiger partial charge < -0.3 is 14.9 Å². The quantitative estimate of drug-likeness (QED) is 0.758. The van der Waals surface area contributed by atoms with Gasteiger partial charge in [-0.2, -0.15) is 0 Å². The second-order valence-corrected chi connectivity index (χ2v) is 5.12. The van der Waals surface area contributed by atoms with Crippen LogP contribution >= 0.6 is 15.9 Å². The van der Waals surface area contributed by atoms with Crippen LogP contribution in [0.4, 0.5) is 0 Å². The van der Waals surface area contributed by atoms with E-state index >= 15 is 0 Å². The van der Waals surface area contributed by atoms with Crippen molar-refractivity contribution in [2.75, 3.05) is 26.9 Å². The van der Waals surface area contributed by atoms with E-state index < -0.39 is 5.41 Å². The molecule has 0 fully saturated rings. The molecule has 0 aliphatic carbocycles. The predicted octanol–water partition coefficient (Wildman–Crippen LogP) is 2.10. The summed E-state index contributed by atoms with van der Waals surface area (Å²) in [5.41, 5.74) is 0.371. The van der Waals surface area contributed by atoms with E-state index in [1.807, 2.05) is 24.3 Å². The van der Waals surface area contributed by atoms with Crippen LogP contribution in [0.25, 0.3) is 0 Å². The first-order chi connectivity index (χ1) is 8.18. The van der Waals surface area contributed by atoms with Gasteiger partial charge in [0, 0.05) is 23.6 Å². The van der Waals surface area contributed by atoms with Gasteiger partial charge in [0.2, 0.25) is 0 Å². The Labute approximate surface area is 111 Å². The average molecular weight is 303 g/mol. The highest BCUT2D eigenvalue weighted by atomic mass is 79.9. The fourth-order valence-corrected chi connectivity index (χ4v) is 2.31. The zero-order valence-electron chi connectivity index (χ0n) is 10.0. The molecule has 0 atom stereocenters. The lowest BCUT2D eigenvalue weighted by molar-refractivity contribution is 0.0968. The number of halogens is 1. The third kappa shape index (κ3) is 3.78. The first-order valence-electron chi connectivity index (χ1n) is 5.65. The Morgan fingerprint density at radius 2 is 2.00 bits per heavy atom. The van der Waals surface area contributed by atoms with Crippen LogP contribution in [0.1, 0.15) is 18.4 Å². The van der Waals surface area contributed by atoms with Crippen LogP contribution in [-0.4, -0.2) is 37.1 Å². The van der Waals surface area contributed by atoms with Gasteiger partial charge in [-0.25, -0.2) is 0 Å². The van der Waals surface area contributed by atoms with Crippen molar-refractivity contribution in [3.05, 3.63) is 34.3 Å². The van der Waals surface area contributed by atoms with Gasteiger partial charge >= 0.3 is 0 Å². The van der Waals surface area contributed by atoms with E-state index in [0.717, 1.165) is 16.5 Å². The summed E-state index contributed by atoms with van der Waals surface area (Å²) in [7, 11) is 1.65. The lowest BCUT2D eigenvalue weighted by Gasteiger charge is -2.30. The first kappa shape index (κ1) is 14.6. The summed E-state index contributed by atoms with van der Waals surface area (Å²) in [5, 5.41) is 19.2. The minimum Gasteiger partial charge on any atom is -0.395 e. The summed E-state index contributed by atoms with van der Waals surface area (Å²) < 4.78 is 5.97. The molecule has 4 heteroatoms. The molecular formula is C13H19BrO3. The fraction of sp³-hybridized carbons (Fsp3) is 0.538. The third-order valence-corrected chi connectivity index (χ3v) is 3.54. The van der Waals surface area contributed by atoms with Crippen LogP contribution in [0.5, 0.6) is 0 Å². The van der Waals surface area contributed by atoms with Gasteiger partial charge in [-0.3, -0.25) is 0 Å². The van der Waals surface area contributed by atoms with E-state index in [4.69, 9.17) is 4.74 Å². The maximum atomic E-state index is 9.60. The molecule has 3 nitrogen and oxygen atoms in total. The molecule has 0 aromatic heterocycles. The van der Waals surface area contributed by atoms with Crippen molar-refractivity contribution in [3.63, 3.8) is 0 Å². The second-order valence-electron chi connectivity index (χ2n) is 4.20. The summed E-state index contributed by atoms with van der Waals surface area (Å²) in [4.78, 5) is 0. The molecule has 0 amide bonds. The molecular weight excluding hydrogens is 284 g/mol. The van der Waals surface area contributed by atoms with Gasteiger partial charge in [0.1, 0.15) is 0 Å². The standard InChI is InChI=1S/C13H19BrO3/c1-17-7-3-6-13(9-15,10-16)11-4-2-5-12(14)8-11/h2,4-5,8,15-16H,3,6-7,9-10H2,1H3. The number of ether oxygens (including phenoxy) is 1. The number of aliphatic hydroxyl groups excluding tert-OH is 2. The molecule has 0 saturated heterocycles. The molecule has 1 aromatic rings. The Balaban J connectivity index is 2.89. The highest BCUT2D eigenvalue weighted by Crippen LogP contribution is 2.30. The number of hydrogen-bond donors (Lipinski definition) is 2. The van der Waals surface area contributed by atoms with Crippen molar-refractivity contribution >= 4 is 15.9 Å². The highest BCUT2D eigenvalue weighted by molar-refractivity contribution is 9.10. The van der Waals surface area contributed by atoms with Gasteiger partial charge in [0.05, 0.1) is 13.2 Å². The van der Waals surface area contributed by atoms with Crippen LogP contribution in [-0.2, 0) is 10.2 Å². The van der Waals surface area contributed by atoms with Crippen molar-refractivity contribution in [2.45, 2.75) is 18.3 Å². The molecule has 0 spiro atoms. The average Bonchev–Trinajstić information content (AvgIpc) is 2.35. The molecule has 0 heterocycles. The minimum absolute atomic E-state index is 0.0658. The molecule has 1 rings (SSSR count). The Morgan fingerprint density at radius 3 is 2.53 bits per heavy atom. The van der Waals surface area contributed by atoms with Gasteiger partial charge in [0.25, 0.3) is 0 Å². The van der Waals surface area contributed by atoms with Crippen molar-refractivity contribution in [2.24, 2.45) is 0 Å². The van der Waals surface area contributed by atoms with Crippen molar-refractivity contribution < 1.29 is 14.9 Å². The lowest BCUT2D eigenvalue weighted by atomic mass is 9.78. The van der Waals surface area contributed by atoms with E-state index in [2.05, 4.69) is 15.9 Å². The summed E-state index contributed by atoms with van der Waals surface area (Å²) >= 11 is 3.41. The third-order valence-electron chi connectivity index (χ3n) is 3.05. The first-order valence-corrected chi connectivity index (χ1v) is 6.44. The van der Waals surface area contributed by atoms with Gasteiger partial charge in [-0.1, -0.05) is 28.1 Å². The summed E-state index contributed by atoms with van der Waals surface area (Å²) in [5.74, 6) is 0. The number of benzene rings is 1. The maximum Gasteiger partial charge on any atom is 0.0550 e. The normalized spacial score (nSPS) is 11.8. The fourth-order valence-electron chi connectivity index (χ4n) is 1.91. The maximum absolute atomic E-state index is 9.60. The number of methoxy groups -OCH3 is 1. The van der Waals surface area contributed by atoms with Crippen LogP contribution in [0.3, 0.4) is 0 Å². The zero-order chi connectivity index (χ0) is 12.7. The molecule has 0 bridgehead atoms. The monoisotopic (exact) mass is 302 g/mol. The minimum atomic E-state index is -0.581. The molecule has 96 valence electrons. The molecule has 0 saturated carbocycles. The van der Waals surface area contributed by atoms with E-state index in [1.54, 1.807) is 7.11 Å². The predicted molar refractivity (Wildman–Crippen MR) is 71.1 cm³/mol. The topological polar surface area (TPSA) is 49.7 Å². The molecule has 2 N–H and O–H groups in total. The second kappa shape index (κ2) is 7.11. The smallest absolute Gasteiger partial charge is 0.0550 e. The Morgan fingerprint density at radius 1 is 1.29 bits per heavy atom. The summed E-state index contributed by atoms with van der Waals surface area (Å²) in [6.45, 7) is 0.503. The molecule has 0 aliphatic heterocycles. The zero-order valence-corrected chi connectivity index (χ0v) is 11.6. The van der Waals surface area contributed by atoms with Gasteiger partial charge in [-0.05, 0) is 30.5 Å². The molecule has 0 aliphatic rings. The molecule has 1 aromatic carbocycles. The molecule has 0 radical (unpaired) electrons. The number of aliphatic hydroxyl groups is 2. The van der Waals surface area contributed by atoms with Crippen LogP contribution in [0.2, 0.25) is 0 Å². The van der Waals surface area contributed by atoms with Gasteiger partial charge in [-0.15, -0.1) is 0 Å². The van der Waals surface area contributed by atoms with E-state index in [-0.39, 0.29) is 13.2 Å². The molecule has 17 heavy (non-hydrogen) atoms.